The van der Waals surface area contributed by atoms with Gasteiger partial charge in [-0.15, -0.1) is 0 Å². The maximum atomic E-state index is 12.3. The van der Waals surface area contributed by atoms with Crippen LogP contribution in [0.25, 0.3) is 5.65 Å². The summed E-state index contributed by atoms with van der Waals surface area (Å²) < 4.78 is 7.40. The zero-order valence-electron chi connectivity index (χ0n) is 17.6. The Hall–Kier alpha value is -3.84. The second-order valence-electron chi connectivity index (χ2n) is 7.35. The summed E-state index contributed by atoms with van der Waals surface area (Å²) in [5, 5.41) is 5.92. The molecule has 2 N–H and O–H groups in total. The Morgan fingerprint density at radius 3 is 2.69 bits per heavy atom. The number of hydrogen-bond acceptors (Lipinski definition) is 4. The molecule has 0 saturated heterocycles. The number of ether oxygens (including phenoxy) is 1. The number of carbonyl (C=O) groups excluding carboxylic acids is 1. The Morgan fingerprint density at radius 2 is 1.88 bits per heavy atom. The van der Waals surface area contributed by atoms with Gasteiger partial charge in [-0.1, -0.05) is 29.8 Å². The lowest BCUT2D eigenvalue weighted by Crippen LogP contribution is -2.19. The molecule has 0 saturated carbocycles. The molecule has 0 spiro atoms. The summed E-state index contributed by atoms with van der Waals surface area (Å²) in [5.41, 5.74) is 3.89. The van der Waals surface area contributed by atoms with E-state index in [4.69, 9.17) is 16.3 Å². The van der Waals surface area contributed by atoms with Crippen molar-refractivity contribution in [1.29, 1.82) is 0 Å². The van der Waals surface area contributed by atoms with E-state index in [9.17, 15) is 9.59 Å². The van der Waals surface area contributed by atoms with E-state index in [0.717, 1.165) is 11.1 Å². The van der Waals surface area contributed by atoms with Crippen molar-refractivity contribution in [3.05, 3.63) is 99.1 Å². The summed E-state index contributed by atoms with van der Waals surface area (Å²) in [6, 6.07) is 17.1. The lowest BCUT2D eigenvalue weighted by molar-refractivity contribution is 0.262. The monoisotopic (exact) mass is 448 g/mol. The van der Waals surface area contributed by atoms with E-state index in [-0.39, 0.29) is 12.2 Å². The summed E-state index contributed by atoms with van der Waals surface area (Å²) in [6.45, 7) is 3.96. The first-order valence-electron chi connectivity index (χ1n) is 9.94. The highest BCUT2D eigenvalue weighted by molar-refractivity contribution is 6.33. The number of nitrogens with one attached hydrogen (secondary N) is 2. The second kappa shape index (κ2) is 9.11. The molecule has 162 valence electrons. The van der Waals surface area contributed by atoms with Crippen molar-refractivity contribution in [3.63, 3.8) is 0 Å². The topological polar surface area (TPSA) is 84.7 Å². The molecule has 0 aliphatic heterocycles. The van der Waals surface area contributed by atoms with Gasteiger partial charge in [-0.3, -0.25) is 9.20 Å². The molecule has 4 aromatic rings. The van der Waals surface area contributed by atoms with E-state index in [0.29, 0.717) is 33.5 Å². The fourth-order valence-electron chi connectivity index (χ4n) is 3.16. The Kier molecular flexibility index (Phi) is 6.09. The standard InChI is InChI=1S/C24H21ClN4O3/c1-15-9-10-29-22(11-15)26-18(13-23(29)30)14-32-21-12-17(8-7-16(21)2)27-24(31)28-20-6-4-3-5-19(20)25/h3-13H,14H2,1-2H3,(H2,27,28,31). The largest absolute Gasteiger partial charge is 0.487 e. The molecule has 0 aliphatic carbocycles. The van der Waals surface area contributed by atoms with E-state index in [1.165, 1.54) is 10.5 Å². The predicted molar refractivity (Wildman–Crippen MR) is 126 cm³/mol. The molecule has 0 bridgehead atoms. The maximum Gasteiger partial charge on any atom is 0.323 e. The number of para-hydroxylation sites is 1. The third-order valence-corrected chi connectivity index (χ3v) is 5.15. The van der Waals surface area contributed by atoms with Crippen LogP contribution in [-0.4, -0.2) is 15.4 Å². The highest BCUT2D eigenvalue weighted by atomic mass is 35.5. The minimum Gasteiger partial charge on any atom is -0.487 e. The number of halogens is 1. The zero-order valence-corrected chi connectivity index (χ0v) is 18.3. The van der Waals surface area contributed by atoms with Crippen LogP contribution in [0.4, 0.5) is 16.2 Å². The van der Waals surface area contributed by atoms with Crippen LogP contribution < -0.4 is 20.9 Å². The Bertz CT molecular complexity index is 1370. The number of urea groups is 1. The SMILES string of the molecule is Cc1ccn2c(=O)cc(COc3cc(NC(=O)Nc4ccccc4Cl)ccc3C)nc2c1. The van der Waals surface area contributed by atoms with Gasteiger partial charge in [0.05, 0.1) is 16.4 Å². The molecule has 0 fully saturated rings. The van der Waals surface area contributed by atoms with Crippen LogP contribution >= 0.6 is 11.6 Å². The highest BCUT2D eigenvalue weighted by Gasteiger charge is 2.09. The molecular formula is C24H21ClN4O3. The van der Waals surface area contributed by atoms with Crippen LogP contribution in [0.5, 0.6) is 5.75 Å². The lowest BCUT2D eigenvalue weighted by Gasteiger charge is -2.13. The number of nitrogens with zero attached hydrogens (tertiary/aromatic N) is 2. The lowest BCUT2D eigenvalue weighted by atomic mass is 10.2. The average molecular weight is 449 g/mol. The van der Waals surface area contributed by atoms with Crippen LogP contribution in [0, 0.1) is 13.8 Å². The minimum atomic E-state index is -0.424. The van der Waals surface area contributed by atoms with Crippen LogP contribution in [0.1, 0.15) is 16.8 Å². The number of fused-ring (bicyclic) bond motifs is 1. The summed E-state index contributed by atoms with van der Waals surface area (Å²) >= 11 is 6.08. The molecule has 2 aromatic heterocycles. The van der Waals surface area contributed by atoms with E-state index in [1.807, 2.05) is 32.0 Å². The molecule has 2 aromatic carbocycles. The number of aromatic nitrogens is 2. The molecule has 0 aliphatic rings. The van der Waals surface area contributed by atoms with Crippen molar-refractivity contribution in [3.8, 4) is 5.75 Å². The number of rotatable bonds is 5. The fraction of sp³-hybridized carbons (Fsp3) is 0.125. The van der Waals surface area contributed by atoms with Gasteiger partial charge in [0.1, 0.15) is 18.0 Å². The minimum absolute atomic E-state index is 0.121. The first kappa shape index (κ1) is 21.4. The first-order chi connectivity index (χ1) is 15.4. The van der Waals surface area contributed by atoms with Gasteiger partial charge in [0.2, 0.25) is 0 Å². The van der Waals surface area contributed by atoms with Crippen molar-refractivity contribution in [2.45, 2.75) is 20.5 Å². The van der Waals surface area contributed by atoms with Gasteiger partial charge in [0, 0.05) is 24.0 Å². The molecule has 2 heterocycles. The summed E-state index contributed by atoms with van der Waals surface area (Å²) in [4.78, 5) is 29.2. The Labute approximate surface area is 189 Å². The van der Waals surface area contributed by atoms with Crippen LogP contribution in [0.3, 0.4) is 0 Å². The normalized spacial score (nSPS) is 10.7. The van der Waals surface area contributed by atoms with Crippen LogP contribution in [0.15, 0.2) is 71.7 Å². The Morgan fingerprint density at radius 1 is 1.06 bits per heavy atom. The van der Waals surface area contributed by atoms with E-state index in [1.54, 1.807) is 42.6 Å². The third kappa shape index (κ3) is 4.90. The summed E-state index contributed by atoms with van der Waals surface area (Å²) in [7, 11) is 0. The van der Waals surface area contributed by atoms with Crippen LogP contribution in [0.2, 0.25) is 5.02 Å². The van der Waals surface area contributed by atoms with Gasteiger partial charge < -0.3 is 15.4 Å². The van der Waals surface area contributed by atoms with Crippen molar-refractivity contribution in [2.24, 2.45) is 0 Å². The van der Waals surface area contributed by atoms with Crippen molar-refractivity contribution in [2.75, 3.05) is 10.6 Å². The quantitative estimate of drug-likeness (QED) is 0.440. The van der Waals surface area contributed by atoms with E-state index < -0.39 is 6.03 Å². The van der Waals surface area contributed by atoms with E-state index in [2.05, 4.69) is 15.6 Å². The fourth-order valence-corrected chi connectivity index (χ4v) is 3.34. The first-order valence-corrected chi connectivity index (χ1v) is 10.3. The van der Waals surface area contributed by atoms with E-state index >= 15 is 0 Å². The number of amides is 2. The van der Waals surface area contributed by atoms with Gasteiger partial charge in [0.15, 0.2) is 0 Å². The third-order valence-electron chi connectivity index (χ3n) is 4.82. The number of pyridine rings is 1. The molecule has 0 atom stereocenters. The van der Waals surface area contributed by atoms with Gasteiger partial charge in [0.25, 0.3) is 5.56 Å². The van der Waals surface area contributed by atoms with Crippen LogP contribution in [-0.2, 0) is 6.61 Å². The number of anilines is 2. The maximum absolute atomic E-state index is 12.3. The molecule has 4 rings (SSSR count). The van der Waals surface area contributed by atoms with Gasteiger partial charge in [-0.25, -0.2) is 9.78 Å². The van der Waals surface area contributed by atoms with Gasteiger partial charge >= 0.3 is 6.03 Å². The zero-order chi connectivity index (χ0) is 22.7. The highest BCUT2D eigenvalue weighted by Crippen LogP contribution is 2.25. The molecule has 0 unspecified atom stereocenters. The number of hydrogen-bond donors (Lipinski definition) is 2. The van der Waals surface area contributed by atoms with Gasteiger partial charge in [-0.2, -0.15) is 0 Å². The second-order valence-corrected chi connectivity index (χ2v) is 7.75. The molecule has 7 nitrogen and oxygen atoms in total. The summed E-state index contributed by atoms with van der Waals surface area (Å²) in [5.74, 6) is 0.576. The van der Waals surface area contributed by atoms with Crippen molar-refractivity contribution < 1.29 is 9.53 Å². The molecule has 32 heavy (non-hydrogen) atoms. The number of carbonyl (C=O) groups is 1. The van der Waals surface area contributed by atoms with Gasteiger partial charge in [-0.05, 0) is 55.3 Å². The smallest absolute Gasteiger partial charge is 0.323 e. The predicted octanol–water partition coefficient (Wildman–Crippen LogP) is 5.19. The average Bonchev–Trinajstić information content (AvgIpc) is 2.75. The van der Waals surface area contributed by atoms with Crippen molar-refractivity contribution >= 4 is 34.7 Å². The summed E-state index contributed by atoms with van der Waals surface area (Å²) in [6.07, 6.45) is 1.71. The Balaban J connectivity index is 1.47. The number of benzene rings is 2. The number of aryl methyl sites for hydroxylation is 2. The molecule has 0 radical (unpaired) electrons. The van der Waals surface area contributed by atoms with Crippen molar-refractivity contribution in [1.82, 2.24) is 9.38 Å². The molecule has 8 heteroatoms. The molecule has 2 amide bonds. The molecular weight excluding hydrogens is 428 g/mol.